The molecule has 1 heterocycles. The molecule has 0 radical (unpaired) electrons. The molecule has 2 aromatic rings. The van der Waals surface area contributed by atoms with Gasteiger partial charge in [-0.1, -0.05) is 5.92 Å². The standard InChI is InChI=1S/C23H26N4O5/c1-16(28)21(23(30)27-31)26-22(29)18-9-7-17(8-10-18)5-2-3-6-19-11-12-20(32-19)15-25-14-4-13-24/h7-12,16,21,25,28,31H,4,13-15,24H2,1H3,(H,26,29)(H,27,30). The molecule has 0 aliphatic heterocycles. The summed E-state index contributed by atoms with van der Waals surface area (Å²) in [7, 11) is 0. The predicted octanol–water partition coefficient (Wildman–Crippen LogP) is 0.106. The van der Waals surface area contributed by atoms with Gasteiger partial charge in [-0.15, -0.1) is 0 Å². The third-order valence-corrected chi connectivity index (χ3v) is 4.28. The molecule has 32 heavy (non-hydrogen) atoms. The normalized spacial score (nSPS) is 11.9. The molecule has 0 spiro atoms. The number of carbonyl (C=O) groups is 2. The van der Waals surface area contributed by atoms with Crippen molar-refractivity contribution in [2.24, 2.45) is 5.73 Å². The monoisotopic (exact) mass is 438 g/mol. The van der Waals surface area contributed by atoms with E-state index in [1.165, 1.54) is 24.5 Å². The summed E-state index contributed by atoms with van der Waals surface area (Å²) in [6.45, 7) is 3.40. The Morgan fingerprint density at radius 3 is 2.50 bits per heavy atom. The van der Waals surface area contributed by atoms with Gasteiger partial charge in [0.1, 0.15) is 11.8 Å². The van der Waals surface area contributed by atoms with Crippen molar-refractivity contribution in [2.45, 2.75) is 32.0 Å². The molecule has 9 nitrogen and oxygen atoms in total. The van der Waals surface area contributed by atoms with Crippen LogP contribution in [0.3, 0.4) is 0 Å². The van der Waals surface area contributed by atoms with Crippen LogP contribution in [-0.2, 0) is 11.3 Å². The Labute approximate surface area is 186 Å². The molecule has 2 atom stereocenters. The molecule has 0 aliphatic rings. The molecule has 7 N–H and O–H groups in total. The van der Waals surface area contributed by atoms with E-state index in [0.717, 1.165) is 18.7 Å². The maximum absolute atomic E-state index is 12.2. The molecule has 1 aromatic carbocycles. The number of hydrogen-bond donors (Lipinski definition) is 6. The molecule has 0 saturated heterocycles. The van der Waals surface area contributed by atoms with Gasteiger partial charge in [-0.2, -0.15) is 0 Å². The van der Waals surface area contributed by atoms with Gasteiger partial charge in [-0.25, -0.2) is 5.48 Å². The van der Waals surface area contributed by atoms with Crippen LogP contribution in [0.1, 0.15) is 40.8 Å². The van der Waals surface area contributed by atoms with Crippen molar-refractivity contribution in [3.63, 3.8) is 0 Å². The van der Waals surface area contributed by atoms with Crippen LogP contribution >= 0.6 is 0 Å². The highest BCUT2D eigenvalue weighted by molar-refractivity contribution is 5.97. The minimum Gasteiger partial charge on any atom is -0.451 e. The second-order valence-electron chi connectivity index (χ2n) is 6.83. The maximum atomic E-state index is 12.2. The number of rotatable bonds is 9. The quantitative estimate of drug-likeness (QED) is 0.141. The van der Waals surface area contributed by atoms with E-state index in [9.17, 15) is 14.7 Å². The zero-order valence-electron chi connectivity index (χ0n) is 17.6. The largest absolute Gasteiger partial charge is 0.451 e. The van der Waals surface area contributed by atoms with Gasteiger partial charge >= 0.3 is 0 Å². The van der Waals surface area contributed by atoms with E-state index in [1.807, 2.05) is 6.07 Å². The molecule has 9 heteroatoms. The Balaban J connectivity index is 1.92. The predicted molar refractivity (Wildman–Crippen MR) is 117 cm³/mol. The Bertz CT molecular complexity index is 1020. The molecular weight excluding hydrogens is 412 g/mol. The number of amides is 2. The van der Waals surface area contributed by atoms with E-state index in [1.54, 1.807) is 18.2 Å². The van der Waals surface area contributed by atoms with Gasteiger partial charge in [0.2, 0.25) is 0 Å². The summed E-state index contributed by atoms with van der Waals surface area (Å²) < 4.78 is 5.59. The average molecular weight is 438 g/mol. The second-order valence-corrected chi connectivity index (χ2v) is 6.83. The van der Waals surface area contributed by atoms with Crippen LogP contribution in [0.2, 0.25) is 0 Å². The number of nitrogens with one attached hydrogen (secondary N) is 3. The van der Waals surface area contributed by atoms with E-state index < -0.39 is 24.0 Å². The minimum absolute atomic E-state index is 0.265. The van der Waals surface area contributed by atoms with Crippen LogP contribution in [0, 0.1) is 23.7 Å². The number of hydrogen-bond acceptors (Lipinski definition) is 7. The van der Waals surface area contributed by atoms with Gasteiger partial charge in [-0.3, -0.25) is 14.8 Å². The molecule has 0 fully saturated rings. The molecule has 2 unspecified atom stereocenters. The van der Waals surface area contributed by atoms with Crippen molar-refractivity contribution >= 4 is 11.8 Å². The Morgan fingerprint density at radius 1 is 1.12 bits per heavy atom. The second kappa shape index (κ2) is 13.0. The fourth-order valence-corrected chi connectivity index (χ4v) is 2.58. The Kier molecular flexibility index (Phi) is 9.98. The van der Waals surface area contributed by atoms with Crippen molar-refractivity contribution in [3.8, 4) is 23.7 Å². The van der Waals surface area contributed by atoms with Crippen molar-refractivity contribution < 1.29 is 24.3 Å². The first-order valence-corrected chi connectivity index (χ1v) is 9.99. The summed E-state index contributed by atoms with van der Waals surface area (Å²) in [6.07, 6.45) is -0.287. The summed E-state index contributed by atoms with van der Waals surface area (Å²) in [5.41, 5.74) is 7.76. The number of carbonyl (C=O) groups excluding carboxylic acids is 2. The Morgan fingerprint density at radius 2 is 1.84 bits per heavy atom. The van der Waals surface area contributed by atoms with Gasteiger partial charge in [-0.05, 0) is 80.6 Å². The highest BCUT2D eigenvalue weighted by Crippen LogP contribution is 2.07. The van der Waals surface area contributed by atoms with Crippen LogP contribution in [0.15, 0.2) is 40.8 Å². The van der Waals surface area contributed by atoms with E-state index in [2.05, 4.69) is 34.3 Å². The summed E-state index contributed by atoms with van der Waals surface area (Å²) in [5.74, 6) is 10.9. The van der Waals surface area contributed by atoms with Crippen LogP contribution < -0.4 is 21.8 Å². The summed E-state index contributed by atoms with van der Waals surface area (Å²) in [6, 6.07) is 8.66. The zero-order valence-corrected chi connectivity index (χ0v) is 17.6. The lowest BCUT2D eigenvalue weighted by Crippen LogP contribution is -2.51. The van der Waals surface area contributed by atoms with Gasteiger partial charge in [0.05, 0.1) is 12.6 Å². The lowest BCUT2D eigenvalue weighted by atomic mass is 10.1. The van der Waals surface area contributed by atoms with Crippen LogP contribution in [0.4, 0.5) is 0 Å². The number of nitrogens with two attached hydrogens (primary N) is 1. The fraction of sp³-hybridized carbons (Fsp3) is 0.304. The van der Waals surface area contributed by atoms with E-state index in [0.29, 0.717) is 24.4 Å². The number of benzene rings is 1. The van der Waals surface area contributed by atoms with E-state index >= 15 is 0 Å². The number of furan rings is 1. The number of hydroxylamine groups is 1. The number of aliphatic hydroxyl groups is 1. The lowest BCUT2D eigenvalue weighted by Gasteiger charge is -2.19. The fourth-order valence-electron chi connectivity index (χ4n) is 2.58. The van der Waals surface area contributed by atoms with Crippen molar-refractivity contribution in [1.29, 1.82) is 0 Å². The third-order valence-electron chi connectivity index (χ3n) is 4.28. The Hall–Kier alpha value is -3.60. The molecule has 0 aliphatic carbocycles. The SMILES string of the molecule is CC(O)C(NC(=O)c1ccc(C#CC#Cc2ccc(CNCCCN)o2)cc1)C(=O)NO. The van der Waals surface area contributed by atoms with Crippen molar-refractivity contribution in [3.05, 3.63) is 59.0 Å². The van der Waals surface area contributed by atoms with Gasteiger partial charge in [0, 0.05) is 11.1 Å². The van der Waals surface area contributed by atoms with E-state index in [-0.39, 0.29) is 5.56 Å². The van der Waals surface area contributed by atoms with E-state index in [4.69, 9.17) is 15.4 Å². The van der Waals surface area contributed by atoms with Gasteiger partial charge in [0.15, 0.2) is 5.76 Å². The first-order chi connectivity index (χ1) is 15.4. The van der Waals surface area contributed by atoms with Crippen molar-refractivity contribution in [1.82, 2.24) is 16.1 Å². The molecule has 0 saturated carbocycles. The molecule has 2 rings (SSSR count). The average Bonchev–Trinajstić information content (AvgIpc) is 3.25. The lowest BCUT2D eigenvalue weighted by molar-refractivity contribution is -0.133. The first kappa shape index (κ1) is 24.7. The maximum Gasteiger partial charge on any atom is 0.268 e. The summed E-state index contributed by atoms with van der Waals surface area (Å²) >= 11 is 0. The third kappa shape index (κ3) is 7.91. The number of aliphatic hydroxyl groups excluding tert-OH is 1. The summed E-state index contributed by atoms with van der Waals surface area (Å²) in [4.78, 5) is 23.8. The van der Waals surface area contributed by atoms with Crippen LogP contribution in [0.25, 0.3) is 0 Å². The molecule has 0 bridgehead atoms. The zero-order chi connectivity index (χ0) is 23.3. The van der Waals surface area contributed by atoms with Gasteiger partial charge in [0.25, 0.3) is 11.8 Å². The summed E-state index contributed by atoms with van der Waals surface area (Å²) in [5, 5.41) is 23.9. The van der Waals surface area contributed by atoms with Crippen molar-refractivity contribution in [2.75, 3.05) is 13.1 Å². The topological polar surface area (TPSA) is 150 Å². The molecule has 2 amide bonds. The molecule has 168 valence electrons. The van der Waals surface area contributed by atoms with Crippen LogP contribution in [0.5, 0.6) is 0 Å². The first-order valence-electron chi connectivity index (χ1n) is 9.99. The minimum atomic E-state index is -1.29. The molecule has 1 aromatic heterocycles. The molecular formula is C23H26N4O5. The van der Waals surface area contributed by atoms with Crippen LogP contribution in [-0.4, -0.2) is 47.4 Å². The highest BCUT2D eigenvalue weighted by atomic mass is 16.5. The highest BCUT2D eigenvalue weighted by Gasteiger charge is 2.25. The smallest absolute Gasteiger partial charge is 0.268 e. The van der Waals surface area contributed by atoms with Gasteiger partial charge < -0.3 is 25.9 Å².